The van der Waals surface area contributed by atoms with E-state index in [-0.39, 0.29) is 0 Å². The van der Waals surface area contributed by atoms with Crippen molar-refractivity contribution in [2.24, 2.45) is 5.92 Å². The van der Waals surface area contributed by atoms with Crippen molar-refractivity contribution in [1.29, 1.82) is 0 Å². The Balaban J connectivity index is 2.02. The van der Waals surface area contributed by atoms with Crippen molar-refractivity contribution in [3.05, 3.63) is 55.6 Å². The van der Waals surface area contributed by atoms with E-state index < -0.39 is 0 Å². The summed E-state index contributed by atoms with van der Waals surface area (Å²) < 4.78 is 2.03. The lowest BCUT2D eigenvalue weighted by molar-refractivity contribution is 0.481. The molecule has 0 fully saturated rings. The first kappa shape index (κ1) is 16.0. The molecule has 0 bridgehead atoms. The van der Waals surface area contributed by atoms with Gasteiger partial charge in [-0.15, -0.1) is 11.3 Å². The minimum atomic E-state index is 0.596. The quantitative estimate of drug-likeness (QED) is 0.706. The fourth-order valence-corrected chi connectivity index (χ4v) is 3.96. The third-order valence-corrected chi connectivity index (χ3v) is 4.96. The molecule has 1 unspecified atom stereocenters. The smallest absolute Gasteiger partial charge is 0.0931 e. The van der Waals surface area contributed by atoms with Crippen LogP contribution in [0.15, 0.2) is 40.9 Å². The van der Waals surface area contributed by atoms with Gasteiger partial charge in [0.2, 0.25) is 0 Å². The molecule has 0 saturated carbocycles. The molecule has 1 N–H and O–H groups in total. The zero-order valence-corrected chi connectivity index (χ0v) is 14.7. The van der Waals surface area contributed by atoms with E-state index in [9.17, 15) is 0 Å². The SMILES string of the molecule is CCNCC(Cc1cccc(Br)c1)Cc1ccc(Cl)s1. The molecule has 4 heteroatoms. The second-order valence-corrected chi connectivity index (χ2v) is 7.63. The van der Waals surface area contributed by atoms with Gasteiger partial charge in [-0.25, -0.2) is 0 Å². The average molecular weight is 373 g/mol. The fourth-order valence-electron chi connectivity index (χ4n) is 2.31. The molecule has 1 nitrogen and oxygen atoms in total. The predicted octanol–water partition coefficient (Wildman–Crippen LogP) is 5.17. The molecule has 20 heavy (non-hydrogen) atoms. The minimum absolute atomic E-state index is 0.596. The lowest BCUT2D eigenvalue weighted by Gasteiger charge is -2.17. The molecule has 2 aromatic rings. The van der Waals surface area contributed by atoms with E-state index in [2.05, 4.69) is 58.5 Å². The van der Waals surface area contributed by atoms with Gasteiger partial charge >= 0.3 is 0 Å². The van der Waals surface area contributed by atoms with Gasteiger partial charge in [0.15, 0.2) is 0 Å². The first-order chi connectivity index (χ1) is 9.67. The Labute approximate surface area is 138 Å². The molecule has 0 amide bonds. The number of nitrogens with one attached hydrogen (secondary N) is 1. The molecule has 0 saturated heterocycles. The summed E-state index contributed by atoms with van der Waals surface area (Å²) in [6, 6.07) is 12.7. The number of thiophene rings is 1. The molecule has 0 spiro atoms. The summed E-state index contributed by atoms with van der Waals surface area (Å²) in [5, 5.41) is 3.47. The molecule has 108 valence electrons. The highest BCUT2D eigenvalue weighted by molar-refractivity contribution is 9.10. The van der Waals surface area contributed by atoms with E-state index in [1.807, 2.05) is 6.07 Å². The van der Waals surface area contributed by atoms with Crippen molar-refractivity contribution in [2.75, 3.05) is 13.1 Å². The van der Waals surface area contributed by atoms with Gasteiger partial charge in [-0.3, -0.25) is 0 Å². The Morgan fingerprint density at radius 2 is 2.10 bits per heavy atom. The van der Waals surface area contributed by atoms with Crippen molar-refractivity contribution in [3.63, 3.8) is 0 Å². The van der Waals surface area contributed by atoms with Gasteiger partial charge in [-0.05, 0) is 61.7 Å². The van der Waals surface area contributed by atoms with Crippen LogP contribution in [0.1, 0.15) is 17.4 Å². The van der Waals surface area contributed by atoms with Crippen LogP contribution in [0.25, 0.3) is 0 Å². The maximum Gasteiger partial charge on any atom is 0.0931 e. The largest absolute Gasteiger partial charge is 0.317 e. The Hall–Kier alpha value is -0.350. The summed E-state index contributed by atoms with van der Waals surface area (Å²) >= 11 is 11.3. The molecule has 1 aromatic heterocycles. The van der Waals surface area contributed by atoms with Crippen molar-refractivity contribution in [2.45, 2.75) is 19.8 Å². The highest BCUT2D eigenvalue weighted by Gasteiger charge is 2.12. The highest BCUT2D eigenvalue weighted by Crippen LogP contribution is 2.25. The summed E-state index contributed by atoms with van der Waals surface area (Å²) in [5.41, 5.74) is 1.38. The van der Waals surface area contributed by atoms with E-state index in [0.29, 0.717) is 5.92 Å². The second kappa shape index (κ2) is 8.18. The maximum absolute atomic E-state index is 6.03. The van der Waals surface area contributed by atoms with Gasteiger partial charge in [-0.1, -0.05) is 46.6 Å². The van der Waals surface area contributed by atoms with Crippen LogP contribution in [0, 0.1) is 5.92 Å². The molecule has 1 atom stereocenters. The minimum Gasteiger partial charge on any atom is -0.317 e. The van der Waals surface area contributed by atoms with Crippen molar-refractivity contribution in [1.82, 2.24) is 5.32 Å². The van der Waals surface area contributed by atoms with Crippen molar-refractivity contribution in [3.8, 4) is 0 Å². The van der Waals surface area contributed by atoms with Crippen LogP contribution < -0.4 is 5.32 Å². The maximum atomic E-state index is 6.03. The molecule has 0 aliphatic rings. The van der Waals surface area contributed by atoms with Gasteiger partial charge in [-0.2, -0.15) is 0 Å². The summed E-state index contributed by atoms with van der Waals surface area (Å²) in [5.74, 6) is 0.596. The number of hydrogen-bond donors (Lipinski definition) is 1. The van der Waals surface area contributed by atoms with E-state index in [0.717, 1.165) is 34.7 Å². The van der Waals surface area contributed by atoms with Crippen LogP contribution in [0.3, 0.4) is 0 Å². The van der Waals surface area contributed by atoms with E-state index in [1.54, 1.807) is 11.3 Å². The van der Waals surface area contributed by atoms with Crippen molar-refractivity contribution >= 4 is 38.9 Å². The number of hydrogen-bond acceptors (Lipinski definition) is 2. The van der Waals surface area contributed by atoms with E-state index >= 15 is 0 Å². The van der Waals surface area contributed by atoms with Crippen LogP contribution >= 0.6 is 38.9 Å². The lowest BCUT2D eigenvalue weighted by atomic mass is 9.95. The van der Waals surface area contributed by atoms with Gasteiger partial charge in [0.05, 0.1) is 4.34 Å². The number of benzene rings is 1. The molecule has 0 aliphatic carbocycles. The van der Waals surface area contributed by atoms with Gasteiger partial charge in [0.1, 0.15) is 0 Å². The summed E-state index contributed by atoms with van der Waals surface area (Å²) in [6.07, 6.45) is 2.17. The predicted molar refractivity (Wildman–Crippen MR) is 92.9 cm³/mol. The second-order valence-electron chi connectivity index (χ2n) is 4.92. The van der Waals surface area contributed by atoms with Crippen LogP contribution in [0.5, 0.6) is 0 Å². The molecule has 2 rings (SSSR count). The Kier molecular flexibility index (Phi) is 6.56. The third-order valence-electron chi connectivity index (χ3n) is 3.22. The first-order valence-electron chi connectivity index (χ1n) is 6.86. The number of rotatable bonds is 7. The Morgan fingerprint density at radius 3 is 2.75 bits per heavy atom. The normalized spacial score (nSPS) is 12.6. The van der Waals surface area contributed by atoms with E-state index in [1.165, 1.54) is 10.4 Å². The van der Waals surface area contributed by atoms with Crippen LogP contribution in [0.4, 0.5) is 0 Å². The van der Waals surface area contributed by atoms with Crippen molar-refractivity contribution < 1.29 is 0 Å². The zero-order chi connectivity index (χ0) is 14.4. The molecule has 0 radical (unpaired) electrons. The van der Waals surface area contributed by atoms with Crippen LogP contribution in [-0.4, -0.2) is 13.1 Å². The van der Waals surface area contributed by atoms with Gasteiger partial charge < -0.3 is 5.32 Å². The average Bonchev–Trinajstić information content (AvgIpc) is 2.81. The fraction of sp³-hybridized carbons (Fsp3) is 0.375. The molecule has 1 aromatic carbocycles. The monoisotopic (exact) mass is 371 g/mol. The molecule has 1 heterocycles. The van der Waals surface area contributed by atoms with E-state index in [4.69, 9.17) is 11.6 Å². The Morgan fingerprint density at radius 1 is 1.25 bits per heavy atom. The molecular weight excluding hydrogens is 354 g/mol. The summed E-state index contributed by atoms with van der Waals surface area (Å²) in [4.78, 5) is 1.37. The highest BCUT2D eigenvalue weighted by atomic mass is 79.9. The zero-order valence-electron chi connectivity index (χ0n) is 11.5. The molecule has 0 aliphatic heterocycles. The van der Waals surface area contributed by atoms with Gasteiger partial charge in [0, 0.05) is 9.35 Å². The summed E-state index contributed by atoms with van der Waals surface area (Å²) in [6.45, 7) is 4.21. The van der Waals surface area contributed by atoms with Crippen LogP contribution in [0.2, 0.25) is 4.34 Å². The number of halogens is 2. The third kappa shape index (κ3) is 5.21. The van der Waals surface area contributed by atoms with Gasteiger partial charge in [0.25, 0.3) is 0 Å². The standard InChI is InChI=1S/C16H19BrClNS/c1-2-19-11-13(10-15-6-7-16(18)20-15)8-12-4-3-5-14(17)9-12/h3-7,9,13,19H,2,8,10-11H2,1H3. The first-order valence-corrected chi connectivity index (χ1v) is 8.85. The Bertz CT molecular complexity index is 541. The molecular formula is C16H19BrClNS. The van der Waals surface area contributed by atoms with Crippen LogP contribution in [-0.2, 0) is 12.8 Å². The lowest BCUT2D eigenvalue weighted by Crippen LogP contribution is -2.25. The summed E-state index contributed by atoms with van der Waals surface area (Å²) in [7, 11) is 0. The topological polar surface area (TPSA) is 12.0 Å².